The van der Waals surface area contributed by atoms with E-state index < -0.39 is 0 Å². The minimum absolute atomic E-state index is 0.183. The second-order valence-electron chi connectivity index (χ2n) is 4.94. The fraction of sp³-hybridized carbons (Fsp3) is 0.500. The molecule has 0 radical (unpaired) electrons. The van der Waals surface area contributed by atoms with Crippen LogP contribution in [0.15, 0.2) is 6.07 Å². The first-order valence-electron chi connectivity index (χ1n) is 6.60. The average molecular weight is 404 g/mol. The van der Waals surface area contributed by atoms with Gasteiger partial charge in [-0.1, -0.05) is 46.4 Å². The van der Waals surface area contributed by atoms with Crippen LogP contribution in [0, 0.1) is 0 Å². The number of anilines is 1. The predicted octanol–water partition coefficient (Wildman–Crippen LogP) is 5.31. The SMILES string of the molecule is CSCC[C@H](C)N(C)CC(=O)Nc1c(Cl)c(Cl)cc(Cl)c1Cl. The fourth-order valence-corrected chi connectivity index (χ4v) is 3.23. The van der Waals surface area contributed by atoms with Gasteiger partial charge in [-0.3, -0.25) is 9.69 Å². The first-order chi connectivity index (χ1) is 10.3. The zero-order valence-electron chi connectivity index (χ0n) is 12.6. The Hall–Kier alpha value is 0.160. The summed E-state index contributed by atoms with van der Waals surface area (Å²) < 4.78 is 0. The Labute approximate surface area is 155 Å². The summed E-state index contributed by atoms with van der Waals surface area (Å²) >= 11 is 25.8. The van der Waals surface area contributed by atoms with Crippen LogP contribution in [0.3, 0.4) is 0 Å². The van der Waals surface area contributed by atoms with Gasteiger partial charge >= 0.3 is 0 Å². The van der Waals surface area contributed by atoms with Crippen LogP contribution in [0.1, 0.15) is 13.3 Å². The summed E-state index contributed by atoms with van der Waals surface area (Å²) in [5.41, 5.74) is 0.246. The van der Waals surface area contributed by atoms with Gasteiger partial charge in [0.25, 0.3) is 0 Å². The van der Waals surface area contributed by atoms with Crippen molar-refractivity contribution >= 4 is 69.8 Å². The molecule has 8 heteroatoms. The summed E-state index contributed by atoms with van der Waals surface area (Å²) in [5.74, 6) is 0.829. The van der Waals surface area contributed by atoms with E-state index in [0.29, 0.717) is 6.04 Å². The normalized spacial score (nSPS) is 12.5. The highest BCUT2D eigenvalue weighted by molar-refractivity contribution is 7.98. The minimum atomic E-state index is -0.222. The van der Waals surface area contributed by atoms with Crippen molar-refractivity contribution in [3.05, 3.63) is 26.2 Å². The highest BCUT2D eigenvalue weighted by atomic mass is 35.5. The lowest BCUT2D eigenvalue weighted by Crippen LogP contribution is -2.36. The Morgan fingerprint density at radius 2 is 1.82 bits per heavy atom. The van der Waals surface area contributed by atoms with Crippen molar-refractivity contribution < 1.29 is 4.79 Å². The van der Waals surface area contributed by atoms with Gasteiger partial charge in [0.1, 0.15) is 0 Å². The van der Waals surface area contributed by atoms with E-state index in [4.69, 9.17) is 46.4 Å². The molecule has 1 amide bonds. The summed E-state index contributed by atoms with van der Waals surface area (Å²) in [7, 11) is 1.90. The quantitative estimate of drug-likeness (QED) is 0.625. The molecule has 1 rings (SSSR count). The smallest absolute Gasteiger partial charge is 0.238 e. The van der Waals surface area contributed by atoms with E-state index in [1.165, 1.54) is 6.07 Å². The number of rotatable bonds is 7. The van der Waals surface area contributed by atoms with E-state index in [1.807, 2.05) is 11.9 Å². The van der Waals surface area contributed by atoms with E-state index in [1.54, 1.807) is 11.8 Å². The van der Waals surface area contributed by atoms with Crippen molar-refractivity contribution in [2.75, 3.05) is 30.9 Å². The van der Waals surface area contributed by atoms with Crippen LogP contribution in [0.25, 0.3) is 0 Å². The van der Waals surface area contributed by atoms with Crippen molar-refractivity contribution in [1.82, 2.24) is 4.90 Å². The topological polar surface area (TPSA) is 32.3 Å². The van der Waals surface area contributed by atoms with E-state index in [2.05, 4.69) is 18.5 Å². The number of nitrogens with one attached hydrogen (secondary N) is 1. The van der Waals surface area contributed by atoms with Crippen LogP contribution >= 0.6 is 58.2 Å². The van der Waals surface area contributed by atoms with Gasteiger partial charge in [0, 0.05) is 6.04 Å². The molecule has 0 aliphatic heterocycles. The van der Waals surface area contributed by atoms with E-state index in [0.717, 1.165) is 12.2 Å². The Morgan fingerprint density at radius 1 is 1.27 bits per heavy atom. The summed E-state index contributed by atoms with van der Waals surface area (Å²) in [5, 5.41) is 3.54. The Kier molecular flexibility index (Phi) is 8.68. The lowest BCUT2D eigenvalue weighted by atomic mass is 10.2. The zero-order valence-corrected chi connectivity index (χ0v) is 16.4. The number of amides is 1. The fourth-order valence-electron chi connectivity index (χ4n) is 1.75. The number of benzene rings is 1. The zero-order chi connectivity index (χ0) is 16.9. The number of likely N-dealkylation sites (N-methyl/N-ethyl adjacent to an activating group) is 1. The molecule has 3 nitrogen and oxygen atoms in total. The molecule has 1 aromatic rings. The molecule has 124 valence electrons. The maximum absolute atomic E-state index is 12.2. The van der Waals surface area contributed by atoms with Gasteiger partial charge in [0.2, 0.25) is 5.91 Å². The van der Waals surface area contributed by atoms with Crippen molar-refractivity contribution in [3.63, 3.8) is 0 Å². The molecule has 1 atom stereocenters. The maximum atomic E-state index is 12.2. The number of carbonyl (C=O) groups is 1. The molecule has 22 heavy (non-hydrogen) atoms. The van der Waals surface area contributed by atoms with Crippen LogP contribution < -0.4 is 5.32 Å². The molecule has 0 saturated carbocycles. The molecule has 0 aromatic heterocycles. The van der Waals surface area contributed by atoms with Gasteiger partial charge in [-0.25, -0.2) is 0 Å². The summed E-state index contributed by atoms with van der Waals surface area (Å²) in [6.45, 7) is 2.31. The molecule has 0 aliphatic carbocycles. The molecular formula is C14H18Cl4N2OS. The third-order valence-corrected chi connectivity index (χ3v) is 5.48. The van der Waals surface area contributed by atoms with Crippen molar-refractivity contribution in [2.45, 2.75) is 19.4 Å². The minimum Gasteiger partial charge on any atom is -0.322 e. The molecule has 0 heterocycles. The molecule has 0 saturated heterocycles. The molecule has 0 aliphatic rings. The Balaban J connectivity index is 2.74. The Bertz CT molecular complexity index is 516. The molecule has 0 fully saturated rings. The number of halogens is 4. The third kappa shape index (κ3) is 5.66. The van der Waals surface area contributed by atoms with E-state index in [9.17, 15) is 4.79 Å². The highest BCUT2D eigenvalue weighted by Gasteiger charge is 2.18. The number of nitrogens with zero attached hydrogens (tertiary/aromatic N) is 1. The van der Waals surface area contributed by atoms with Gasteiger partial charge in [-0.15, -0.1) is 0 Å². The predicted molar refractivity (Wildman–Crippen MR) is 100 cm³/mol. The molecule has 0 spiro atoms. The monoisotopic (exact) mass is 402 g/mol. The maximum Gasteiger partial charge on any atom is 0.238 e. The van der Waals surface area contributed by atoms with E-state index in [-0.39, 0.29) is 38.2 Å². The second-order valence-corrected chi connectivity index (χ2v) is 7.49. The van der Waals surface area contributed by atoms with Gasteiger partial charge in [-0.2, -0.15) is 11.8 Å². The van der Waals surface area contributed by atoms with Gasteiger partial charge < -0.3 is 5.32 Å². The summed E-state index contributed by atoms with van der Waals surface area (Å²) in [6.07, 6.45) is 3.07. The average Bonchev–Trinajstić information content (AvgIpc) is 2.47. The Morgan fingerprint density at radius 3 is 2.32 bits per heavy atom. The third-order valence-electron chi connectivity index (χ3n) is 3.26. The van der Waals surface area contributed by atoms with Crippen LogP contribution in [-0.4, -0.2) is 42.4 Å². The lowest BCUT2D eigenvalue weighted by Gasteiger charge is -2.24. The number of carbonyl (C=O) groups excluding carboxylic acids is 1. The van der Waals surface area contributed by atoms with Gasteiger partial charge in [-0.05, 0) is 38.5 Å². The summed E-state index contributed by atoms with van der Waals surface area (Å²) in [4.78, 5) is 14.1. The van der Waals surface area contributed by atoms with Gasteiger partial charge in [0.15, 0.2) is 0 Å². The largest absolute Gasteiger partial charge is 0.322 e. The molecule has 0 bridgehead atoms. The standard InChI is InChI=1S/C14H18Cl4N2OS/c1-8(4-5-22-3)20(2)7-11(21)19-14-12(17)9(15)6-10(16)13(14)18/h6,8H,4-5,7H2,1-3H3,(H,19,21)/t8-/m0/s1. The van der Waals surface area contributed by atoms with Crippen molar-refractivity contribution in [2.24, 2.45) is 0 Å². The molecule has 1 aromatic carbocycles. The summed E-state index contributed by atoms with van der Waals surface area (Å²) in [6, 6.07) is 1.74. The first kappa shape index (κ1) is 20.2. The van der Waals surface area contributed by atoms with E-state index >= 15 is 0 Å². The van der Waals surface area contributed by atoms with Crippen molar-refractivity contribution in [3.8, 4) is 0 Å². The van der Waals surface area contributed by atoms with Crippen LogP contribution in [0.2, 0.25) is 20.1 Å². The number of thioether (sulfide) groups is 1. The van der Waals surface area contributed by atoms with Crippen molar-refractivity contribution in [1.29, 1.82) is 0 Å². The van der Waals surface area contributed by atoms with Crippen LogP contribution in [0.4, 0.5) is 5.69 Å². The molecular weight excluding hydrogens is 386 g/mol. The lowest BCUT2D eigenvalue weighted by molar-refractivity contribution is -0.117. The molecule has 1 N–H and O–H groups in total. The second kappa shape index (κ2) is 9.45. The molecule has 0 unspecified atom stereocenters. The highest BCUT2D eigenvalue weighted by Crippen LogP contribution is 2.40. The van der Waals surface area contributed by atoms with Gasteiger partial charge in [0.05, 0.1) is 32.3 Å². The first-order valence-corrected chi connectivity index (χ1v) is 9.50. The number of hydrogen-bond acceptors (Lipinski definition) is 3. The number of hydrogen-bond donors (Lipinski definition) is 1. The van der Waals surface area contributed by atoms with Crippen LogP contribution in [-0.2, 0) is 4.79 Å². The van der Waals surface area contributed by atoms with Crippen LogP contribution in [0.5, 0.6) is 0 Å².